The van der Waals surface area contributed by atoms with E-state index in [1.54, 1.807) is 0 Å². The van der Waals surface area contributed by atoms with E-state index in [0.717, 1.165) is 21.5 Å². The first-order chi connectivity index (χ1) is 11.7. The lowest BCUT2D eigenvalue weighted by Gasteiger charge is -2.09. The Hall–Kier alpha value is -3.41. The van der Waals surface area contributed by atoms with Crippen LogP contribution in [0.3, 0.4) is 0 Å². The van der Waals surface area contributed by atoms with Crippen molar-refractivity contribution in [2.45, 2.75) is 6.42 Å². The Morgan fingerprint density at radius 2 is 1.96 bits per heavy atom. The van der Waals surface area contributed by atoms with Gasteiger partial charge < -0.3 is 5.11 Å². The van der Waals surface area contributed by atoms with Crippen molar-refractivity contribution < 1.29 is 9.90 Å². The van der Waals surface area contributed by atoms with Crippen LogP contribution in [0, 0.1) is 10.6 Å². The van der Waals surface area contributed by atoms with Crippen molar-refractivity contribution in [3.8, 4) is 0 Å². The number of fused-ring (bicyclic) bond motifs is 5. The van der Waals surface area contributed by atoms with Gasteiger partial charge in [0.2, 0.25) is 0 Å². The van der Waals surface area contributed by atoms with E-state index in [0.29, 0.717) is 28.6 Å². The molecule has 6 nitrogen and oxygen atoms in total. The third kappa shape index (κ3) is 1.73. The van der Waals surface area contributed by atoms with Gasteiger partial charge in [0, 0.05) is 17.8 Å². The van der Waals surface area contributed by atoms with Crippen LogP contribution in [0.1, 0.15) is 5.56 Å². The van der Waals surface area contributed by atoms with Gasteiger partial charge in [0.1, 0.15) is 10.9 Å². The van der Waals surface area contributed by atoms with E-state index in [1.807, 2.05) is 36.4 Å². The number of carboxylic acid groups (broad SMARTS) is 1. The normalized spacial score (nSPS) is 14.1. The van der Waals surface area contributed by atoms with Gasteiger partial charge in [-0.25, -0.2) is 19.8 Å². The molecule has 114 valence electrons. The fourth-order valence-electron chi connectivity index (χ4n) is 3.10. The number of carboxylic acids is 1. The number of rotatable bonds is 1. The van der Waals surface area contributed by atoms with Crippen LogP contribution in [0.25, 0.3) is 11.0 Å². The van der Waals surface area contributed by atoms with Crippen LogP contribution >= 0.6 is 0 Å². The van der Waals surface area contributed by atoms with Crippen molar-refractivity contribution >= 4 is 22.8 Å². The molecule has 2 aromatic carbocycles. The molecule has 0 unspecified atom stereocenters. The lowest BCUT2D eigenvalue weighted by Crippen LogP contribution is -2.19. The monoisotopic (exact) mass is 314 g/mol. The summed E-state index contributed by atoms with van der Waals surface area (Å²) >= 11 is 0. The van der Waals surface area contributed by atoms with Gasteiger partial charge in [0.25, 0.3) is 0 Å². The van der Waals surface area contributed by atoms with E-state index < -0.39 is 5.97 Å². The summed E-state index contributed by atoms with van der Waals surface area (Å²) in [6.07, 6.45) is 1.74. The minimum absolute atomic E-state index is 0.274. The SMILES string of the molecule is O=C(O)C1=CN=c2c(ccc3nc4c(nc23)=c2ccccc2=N4)C1. The summed E-state index contributed by atoms with van der Waals surface area (Å²) in [5, 5.41) is 12.4. The van der Waals surface area contributed by atoms with Gasteiger partial charge >= 0.3 is 5.97 Å². The van der Waals surface area contributed by atoms with E-state index >= 15 is 0 Å². The zero-order valence-electron chi connectivity index (χ0n) is 12.4. The molecule has 3 heterocycles. The van der Waals surface area contributed by atoms with Crippen molar-refractivity contribution in [3.05, 3.63) is 75.0 Å². The number of nitrogens with zero attached hydrogens (tertiary/aromatic N) is 4. The zero-order chi connectivity index (χ0) is 16.3. The van der Waals surface area contributed by atoms with Crippen LogP contribution in [-0.2, 0) is 11.2 Å². The van der Waals surface area contributed by atoms with Crippen LogP contribution in [-0.4, -0.2) is 21.0 Å². The summed E-state index contributed by atoms with van der Waals surface area (Å²) in [4.78, 5) is 29.4. The first-order valence-electron chi connectivity index (χ1n) is 7.48. The lowest BCUT2D eigenvalue weighted by atomic mass is 10.0. The minimum atomic E-state index is -0.947. The van der Waals surface area contributed by atoms with E-state index in [-0.39, 0.29) is 5.57 Å². The van der Waals surface area contributed by atoms with Gasteiger partial charge in [-0.3, -0.25) is 4.99 Å². The van der Waals surface area contributed by atoms with Crippen molar-refractivity contribution in [1.82, 2.24) is 9.97 Å². The maximum absolute atomic E-state index is 11.1. The van der Waals surface area contributed by atoms with Gasteiger partial charge in [-0.05, 0) is 17.7 Å². The Morgan fingerprint density at radius 3 is 2.83 bits per heavy atom. The summed E-state index contributed by atoms with van der Waals surface area (Å²) in [6.45, 7) is 0. The fourth-order valence-corrected chi connectivity index (χ4v) is 3.10. The average Bonchev–Trinajstić information content (AvgIpc) is 2.96. The number of para-hydroxylation sites is 1. The summed E-state index contributed by atoms with van der Waals surface area (Å²) in [7, 11) is 0. The topological polar surface area (TPSA) is 87.8 Å². The van der Waals surface area contributed by atoms with Gasteiger partial charge in [0.15, 0.2) is 5.82 Å². The van der Waals surface area contributed by atoms with E-state index in [9.17, 15) is 4.79 Å². The highest BCUT2D eigenvalue weighted by atomic mass is 16.4. The molecule has 0 aliphatic carbocycles. The maximum atomic E-state index is 11.1. The molecular formula is C18H10N4O2. The Morgan fingerprint density at radius 1 is 1.08 bits per heavy atom. The Bertz CT molecular complexity index is 1310. The van der Waals surface area contributed by atoms with Crippen LogP contribution < -0.4 is 10.7 Å². The molecule has 0 fully saturated rings. The highest BCUT2D eigenvalue weighted by molar-refractivity contribution is 5.88. The third-order valence-corrected chi connectivity index (χ3v) is 4.27. The second kappa shape index (κ2) is 4.55. The van der Waals surface area contributed by atoms with Crippen molar-refractivity contribution in [3.63, 3.8) is 0 Å². The van der Waals surface area contributed by atoms with Crippen molar-refractivity contribution in [2.75, 3.05) is 0 Å². The van der Waals surface area contributed by atoms with E-state index in [1.165, 1.54) is 6.20 Å². The lowest BCUT2D eigenvalue weighted by molar-refractivity contribution is -0.132. The molecule has 0 atom stereocenters. The van der Waals surface area contributed by atoms with Crippen LogP contribution in [0.2, 0.25) is 0 Å². The molecule has 0 amide bonds. The van der Waals surface area contributed by atoms with Gasteiger partial charge in [-0.2, -0.15) is 0 Å². The average molecular weight is 314 g/mol. The molecule has 0 saturated heterocycles. The molecule has 1 N–H and O–H groups in total. The maximum Gasteiger partial charge on any atom is 0.333 e. The van der Waals surface area contributed by atoms with Gasteiger partial charge in [-0.1, -0.05) is 24.3 Å². The molecule has 1 aromatic heterocycles. The molecular weight excluding hydrogens is 304 g/mol. The predicted octanol–water partition coefficient (Wildman–Crippen LogP) is 1.33. The molecule has 24 heavy (non-hydrogen) atoms. The molecule has 0 radical (unpaired) electrons. The molecule has 2 aliphatic heterocycles. The Balaban J connectivity index is 1.91. The molecule has 0 bridgehead atoms. The standard InChI is InChI=1S/C18H10N4O2/c23-18(24)10-7-9-5-6-13-16(14(9)19-8-10)22-15-11-3-1-2-4-12(11)20-17(15)21-13/h1-6,8H,7H2,(H,23,24). The van der Waals surface area contributed by atoms with E-state index in [4.69, 9.17) is 10.1 Å². The number of hydrogen-bond acceptors (Lipinski definition) is 5. The summed E-state index contributed by atoms with van der Waals surface area (Å²) in [5.74, 6) is -0.335. The molecule has 3 aromatic rings. The zero-order valence-corrected chi connectivity index (χ0v) is 12.4. The molecule has 0 spiro atoms. The largest absolute Gasteiger partial charge is 0.478 e. The van der Waals surface area contributed by atoms with Crippen LogP contribution in [0.15, 0.2) is 58.2 Å². The second-order valence-electron chi connectivity index (χ2n) is 5.73. The van der Waals surface area contributed by atoms with Crippen molar-refractivity contribution in [2.24, 2.45) is 9.98 Å². The van der Waals surface area contributed by atoms with E-state index in [2.05, 4.69) is 15.0 Å². The van der Waals surface area contributed by atoms with Gasteiger partial charge in [-0.15, -0.1) is 0 Å². The van der Waals surface area contributed by atoms with Crippen molar-refractivity contribution in [1.29, 1.82) is 0 Å². The highest BCUT2D eigenvalue weighted by Crippen LogP contribution is 2.19. The Kier molecular flexibility index (Phi) is 2.48. The molecule has 5 rings (SSSR count). The van der Waals surface area contributed by atoms with Gasteiger partial charge in [0.05, 0.1) is 21.8 Å². The van der Waals surface area contributed by atoms with Crippen LogP contribution in [0.4, 0.5) is 5.82 Å². The van der Waals surface area contributed by atoms with Crippen LogP contribution in [0.5, 0.6) is 0 Å². The molecule has 2 aliphatic rings. The number of carbonyl (C=O) groups is 1. The number of aliphatic carboxylic acids is 1. The first kappa shape index (κ1) is 13.1. The third-order valence-electron chi connectivity index (χ3n) is 4.27. The molecule has 0 saturated carbocycles. The Labute approximate surface area is 134 Å². The summed E-state index contributed by atoms with van der Waals surface area (Å²) < 4.78 is 0. The smallest absolute Gasteiger partial charge is 0.333 e. The predicted molar refractivity (Wildman–Crippen MR) is 85.0 cm³/mol. The quantitative estimate of drug-likeness (QED) is 0.574. The highest BCUT2D eigenvalue weighted by Gasteiger charge is 2.17. The number of aromatic nitrogens is 2. The fraction of sp³-hybridized carbons (Fsp3) is 0.0556. The second-order valence-corrected chi connectivity index (χ2v) is 5.73. The minimum Gasteiger partial charge on any atom is -0.478 e. The molecule has 6 heteroatoms. The first-order valence-corrected chi connectivity index (χ1v) is 7.48. The number of hydrogen-bond donors (Lipinski definition) is 1. The number of benzene rings is 2. The summed E-state index contributed by atoms with van der Waals surface area (Å²) in [6, 6.07) is 11.5. The summed E-state index contributed by atoms with van der Waals surface area (Å²) in [5.41, 5.74) is 2.51.